The Bertz CT molecular complexity index is 1040. The molecule has 0 fully saturated rings. The van der Waals surface area contributed by atoms with Crippen LogP contribution in [0.15, 0.2) is 35.3 Å². The number of nitrogens with zero attached hydrogens (tertiary/aromatic N) is 3. The summed E-state index contributed by atoms with van der Waals surface area (Å²) in [5.74, 6) is -2.41. The maximum absolute atomic E-state index is 14.2. The van der Waals surface area contributed by atoms with Gasteiger partial charge in [-0.3, -0.25) is 9.59 Å². The monoisotopic (exact) mass is 350 g/mol. The Labute approximate surface area is 138 Å². The molecule has 0 saturated carbocycles. The first-order valence-electron chi connectivity index (χ1n) is 6.68. The van der Waals surface area contributed by atoms with E-state index in [9.17, 15) is 18.4 Å². The zero-order valence-corrected chi connectivity index (χ0v) is 12.9. The van der Waals surface area contributed by atoms with Crippen molar-refractivity contribution in [3.05, 3.63) is 57.5 Å². The lowest BCUT2D eigenvalue weighted by Gasteiger charge is -2.12. The fourth-order valence-electron chi connectivity index (χ4n) is 2.18. The number of carbonyl (C=O) groups excluding carboxylic acids is 1. The molecule has 0 aliphatic carbocycles. The number of hydrogen-bond donors (Lipinski definition) is 1. The number of carbonyl (C=O) groups is 1. The Morgan fingerprint density at radius 2 is 2.00 bits per heavy atom. The van der Waals surface area contributed by atoms with Gasteiger partial charge in [0.2, 0.25) is 11.3 Å². The van der Waals surface area contributed by atoms with Crippen molar-refractivity contribution in [2.24, 2.45) is 0 Å². The molecular weight excluding hydrogens is 342 g/mol. The molecule has 0 saturated heterocycles. The van der Waals surface area contributed by atoms with Crippen LogP contribution < -0.4 is 10.7 Å². The highest BCUT2D eigenvalue weighted by Gasteiger charge is 2.16. The number of nitrogens with one attached hydrogen (secondary N) is 1. The minimum absolute atomic E-state index is 0.00860. The average molecular weight is 351 g/mol. The number of hydrogen-bond acceptors (Lipinski definition) is 4. The summed E-state index contributed by atoms with van der Waals surface area (Å²) >= 11 is 5.83. The minimum atomic E-state index is -0.944. The van der Waals surface area contributed by atoms with Crippen LogP contribution in [0.4, 0.5) is 14.5 Å². The first-order valence-corrected chi connectivity index (χ1v) is 7.06. The van der Waals surface area contributed by atoms with Gasteiger partial charge in [-0.05, 0) is 18.2 Å². The van der Waals surface area contributed by atoms with Crippen LogP contribution in [0.2, 0.25) is 5.15 Å². The van der Waals surface area contributed by atoms with Gasteiger partial charge in [0.15, 0.2) is 11.5 Å². The van der Waals surface area contributed by atoms with Gasteiger partial charge in [0.25, 0.3) is 0 Å². The molecule has 1 aromatic carbocycles. The molecule has 0 bridgehead atoms. The zero-order valence-electron chi connectivity index (χ0n) is 12.2. The molecule has 1 amide bonds. The summed E-state index contributed by atoms with van der Waals surface area (Å²) in [5.41, 5.74) is -0.834. The van der Waals surface area contributed by atoms with Gasteiger partial charge in [-0.2, -0.15) is 5.10 Å². The first-order chi connectivity index (χ1) is 11.4. The summed E-state index contributed by atoms with van der Waals surface area (Å²) < 4.78 is 29.0. The summed E-state index contributed by atoms with van der Waals surface area (Å²) in [6.45, 7) is 1.19. The Kier molecular flexibility index (Phi) is 3.98. The van der Waals surface area contributed by atoms with Crippen molar-refractivity contribution in [2.45, 2.75) is 6.92 Å². The number of rotatable bonds is 2. The number of fused-ring (bicyclic) bond motifs is 1. The van der Waals surface area contributed by atoms with Gasteiger partial charge in [-0.1, -0.05) is 11.6 Å². The van der Waals surface area contributed by atoms with Crippen molar-refractivity contribution < 1.29 is 13.6 Å². The van der Waals surface area contributed by atoms with E-state index in [0.29, 0.717) is 6.07 Å². The maximum Gasteiger partial charge on any atom is 0.221 e. The van der Waals surface area contributed by atoms with E-state index < -0.39 is 23.0 Å². The van der Waals surface area contributed by atoms with E-state index in [1.807, 2.05) is 0 Å². The standard InChI is InChI=1S/C15H9ClF2N4O2/c1-7(23)20-11-5-12(10(18)4-9(11)17)22-15-8(13(24)6-19-22)2-3-14(16)21-15/h2-6H,1H3,(H,20,23). The van der Waals surface area contributed by atoms with Crippen LogP contribution in [0.1, 0.15) is 6.92 Å². The molecule has 0 atom stereocenters. The van der Waals surface area contributed by atoms with E-state index in [4.69, 9.17) is 11.6 Å². The van der Waals surface area contributed by atoms with Gasteiger partial charge in [-0.15, -0.1) is 0 Å². The Morgan fingerprint density at radius 1 is 1.25 bits per heavy atom. The Hall–Kier alpha value is -2.87. The Morgan fingerprint density at radius 3 is 2.71 bits per heavy atom. The number of benzene rings is 1. The second kappa shape index (κ2) is 5.97. The molecule has 6 nitrogen and oxygen atoms in total. The van der Waals surface area contributed by atoms with Gasteiger partial charge in [0.1, 0.15) is 16.7 Å². The van der Waals surface area contributed by atoms with Crippen molar-refractivity contribution in [1.82, 2.24) is 14.8 Å². The predicted octanol–water partition coefficient (Wildman–Crippen LogP) is 2.67. The fourth-order valence-corrected chi connectivity index (χ4v) is 2.32. The molecule has 0 spiro atoms. The number of anilines is 1. The Balaban J connectivity index is 2.31. The molecule has 9 heteroatoms. The summed E-state index contributed by atoms with van der Waals surface area (Å²) in [7, 11) is 0. The molecule has 2 aromatic heterocycles. The number of amides is 1. The highest BCUT2D eigenvalue weighted by atomic mass is 35.5. The molecule has 3 aromatic rings. The molecule has 0 aliphatic rings. The van der Waals surface area contributed by atoms with Crippen LogP contribution in [0.25, 0.3) is 16.7 Å². The summed E-state index contributed by atoms with van der Waals surface area (Å²) in [6, 6.07) is 4.52. The summed E-state index contributed by atoms with van der Waals surface area (Å²) in [6.07, 6.45) is 0.985. The number of aromatic nitrogens is 3. The fraction of sp³-hybridized carbons (Fsp3) is 0.0667. The highest BCUT2D eigenvalue weighted by molar-refractivity contribution is 6.29. The van der Waals surface area contributed by atoms with Gasteiger partial charge < -0.3 is 5.32 Å². The minimum Gasteiger partial charge on any atom is -0.324 e. The summed E-state index contributed by atoms with van der Waals surface area (Å²) in [4.78, 5) is 27.0. The van der Waals surface area contributed by atoms with E-state index in [1.165, 1.54) is 19.1 Å². The molecule has 0 radical (unpaired) electrons. The van der Waals surface area contributed by atoms with Crippen molar-refractivity contribution >= 4 is 34.2 Å². The van der Waals surface area contributed by atoms with Crippen LogP contribution in [0.5, 0.6) is 0 Å². The molecule has 0 unspecified atom stereocenters. The topological polar surface area (TPSA) is 76.9 Å². The first kappa shape index (κ1) is 16.0. The third-order valence-electron chi connectivity index (χ3n) is 3.17. The van der Waals surface area contributed by atoms with Crippen LogP contribution >= 0.6 is 11.6 Å². The molecule has 2 heterocycles. The van der Waals surface area contributed by atoms with Crippen LogP contribution in [0, 0.1) is 11.6 Å². The maximum atomic E-state index is 14.2. The van der Waals surface area contributed by atoms with Crippen molar-refractivity contribution in [1.29, 1.82) is 0 Å². The molecule has 3 rings (SSSR count). The van der Waals surface area contributed by atoms with Gasteiger partial charge >= 0.3 is 0 Å². The van der Waals surface area contributed by atoms with Gasteiger partial charge in [-0.25, -0.2) is 18.4 Å². The van der Waals surface area contributed by atoms with E-state index in [1.54, 1.807) is 0 Å². The molecule has 1 N–H and O–H groups in total. The second-order valence-corrected chi connectivity index (χ2v) is 5.28. The van der Waals surface area contributed by atoms with Crippen molar-refractivity contribution in [3.8, 4) is 5.69 Å². The van der Waals surface area contributed by atoms with Crippen molar-refractivity contribution in [2.75, 3.05) is 5.32 Å². The lowest BCUT2D eigenvalue weighted by atomic mass is 10.2. The highest BCUT2D eigenvalue weighted by Crippen LogP contribution is 2.24. The third-order valence-corrected chi connectivity index (χ3v) is 3.38. The van der Waals surface area contributed by atoms with Crippen LogP contribution in [-0.4, -0.2) is 20.7 Å². The van der Waals surface area contributed by atoms with Crippen molar-refractivity contribution in [3.63, 3.8) is 0 Å². The van der Waals surface area contributed by atoms with Gasteiger partial charge in [0.05, 0.1) is 17.3 Å². The predicted molar refractivity (Wildman–Crippen MR) is 84.4 cm³/mol. The molecule has 24 heavy (non-hydrogen) atoms. The van der Waals surface area contributed by atoms with E-state index in [0.717, 1.165) is 16.9 Å². The molecule has 122 valence electrons. The lowest BCUT2D eigenvalue weighted by molar-refractivity contribution is -0.114. The van der Waals surface area contributed by atoms with E-state index >= 15 is 0 Å². The lowest BCUT2D eigenvalue weighted by Crippen LogP contribution is -2.15. The average Bonchev–Trinajstić information content (AvgIpc) is 2.50. The van der Waals surface area contributed by atoms with Gasteiger partial charge in [0, 0.05) is 13.0 Å². The number of halogens is 3. The van der Waals surface area contributed by atoms with E-state index in [2.05, 4.69) is 15.4 Å². The van der Waals surface area contributed by atoms with Crippen LogP contribution in [0.3, 0.4) is 0 Å². The quantitative estimate of drug-likeness (QED) is 0.721. The third kappa shape index (κ3) is 2.83. The summed E-state index contributed by atoms with van der Waals surface area (Å²) in [5, 5.41) is 6.33. The zero-order chi connectivity index (χ0) is 17.4. The SMILES string of the molecule is CC(=O)Nc1cc(-n2ncc(=O)c3ccc(Cl)nc32)c(F)cc1F. The second-order valence-electron chi connectivity index (χ2n) is 4.89. The largest absolute Gasteiger partial charge is 0.324 e. The molecular formula is C15H9ClF2N4O2. The van der Waals surface area contributed by atoms with Crippen LogP contribution in [-0.2, 0) is 4.79 Å². The van der Waals surface area contributed by atoms with E-state index in [-0.39, 0.29) is 27.6 Å². The molecule has 0 aliphatic heterocycles. The smallest absolute Gasteiger partial charge is 0.221 e. The number of pyridine rings is 1. The normalized spacial score (nSPS) is 10.8.